The molecule has 2 saturated heterocycles. The Kier molecular flexibility index (Phi) is 2.74. The summed E-state index contributed by atoms with van der Waals surface area (Å²) in [6.45, 7) is 2.12. The molecule has 2 atom stereocenters. The Morgan fingerprint density at radius 1 is 1.17 bits per heavy atom. The van der Waals surface area contributed by atoms with Crippen molar-refractivity contribution in [1.82, 2.24) is 14.5 Å². The summed E-state index contributed by atoms with van der Waals surface area (Å²) in [7, 11) is 0. The summed E-state index contributed by atoms with van der Waals surface area (Å²) in [4.78, 5) is 27.9. The van der Waals surface area contributed by atoms with Gasteiger partial charge in [0.15, 0.2) is 0 Å². The molecule has 6 nitrogen and oxygen atoms in total. The number of H-pyrrole nitrogens is 1. The van der Waals surface area contributed by atoms with E-state index in [9.17, 15) is 9.59 Å². The summed E-state index contributed by atoms with van der Waals surface area (Å²) in [5, 5.41) is 0. The summed E-state index contributed by atoms with van der Waals surface area (Å²) in [5.74, 6) is 0.279. The molecule has 2 unspecified atom stereocenters. The average molecular weight is 250 g/mol. The van der Waals surface area contributed by atoms with E-state index in [0.29, 0.717) is 6.04 Å². The van der Waals surface area contributed by atoms with Gasteiger partial charge in [0.2, 0.25) is 0 Å². The third-order valence-corrected chi connectivity index (χ3v) is 4.16. The standard InChI is InChI=1S/C12H18N4O2/c13-10-7-11(17)14-12(18)16(10)9-4-6-15-5-2-1-3-8(9)15/h7-9H,1-6,13H2,(H,14,17,18). The van der Waals surface area contributed by atoms with Gasteiger partial charge in [0.25, 0.3) is 5.56 Å². The van der Waals surface area contributed by atoms with E-state index in [2.05, 4.69) is 9.88 Å². The molecular weight excluding hydrogens is 232 g/mol. The number of hydrogen-bond donors (Lipinski definition) is 2. The number of aromatic nitrogens is 2. The highest BCUT2D eigenvalue weighted by molar-refractivity contribution is 5.27. The molecule has 2 aliphatic rings. The van der Waals surface area contributed by atoms with Crippen LogP contribution in [0.15, 0.2) is 15.7 Å². The minimum atomic E-state index is -0.424. The molecule has 3 heterocycles. The number of aromatic amines is 1. The van der Waals surface area contributed by atoms with Crippen molar-refractivity contribution in [1.29, 1.82) is 0 Å². The molecule has 98 valence electrons. The zero-order chi connectivity index (χ0) is 12.7. The molecule has 3 N–H and O–H groups in total. The first-order chi connectivity index (χ1) is 8.66. The van der Waals surface area contributed by atoms with Crippen molar-refractivity contribution in [2.75, 3.05) is 18.8 Å². The first-order valence-corrected chi connectivity index (χ1v) is 6.52. The van der Waals surface area contributed by atoms with Crippen LogP contribution in [0.1, 0.15) is 31.7 Å². The highest BCUT2D eigenvalue weighted by atomic mass is 16.2. The maximum atomic E-state index is 11.9. The minimum absolute atomic E-state index is 0.106. The van der Waals surface area contributed by atoms with Crippen molar-refractivity contribution in [2.45, 2.75) is 37.8 Å². The van der Waals surface area contributed by atoms with E-state index in [1.54, 1.807) is 4.57 Å². The molecule has 0 aromatic carbocycles. The van der Waals surface area contributed by atoms with Crippen molar-refractivity contribution >= 4 is 5.82 Å². The number of piperidine rings is 1. The number of nitrogen functional groups attached to an aromatic ring is 1. The van der Waals surface area contributed by atoms with Gasteiger partial charge in [0.05, 0.1) is 6.04 Å². The van der Waals surface area contributed by atoms with Crippen LogP contribution in [0.5, 0.6) is 0 Å². The summed E-state index contributed by atoms with van der Waals surface area (Å²) in [5.41, 5.74) is 5.05. The third kappa shape index (κ3) is 1.77. The molecule has 6 heteroatoms. The normalized spacial score (nSPS) is 28.2. The van der Waals surface area contributed by atoms with Gasteiger partial charge in [-0.2, -0.15) is 0 Å². The first-order valence-electron chi connectivity index (χ1n) is 6.52. The molecule has 3 rings (SSSR count). The van der Waals surface area contributed by atoms with E-state index in [1.807, 2.05) is 0 Å². The zero-order valence-electron chi connectivity index (χ0n) is 10.3. The Morgan fingerprint density at radius 3 is 2.78 bits per heavy atom. The first kappa shape index (κ1) is 11.5. The Balaban J connectivity index is 2.01. The predicted octanol–water partition coefficient (Wildman–Crippen LogP) is -0.0819. The molecule has 0 spiro atoms. The van der Waals surface area contributed by atoms with Gasteiger partial charge in [-0.3, -0.25) is 19.2 Å². The summed E-state index contributed by atoms with van der Waals surface area (Å²) in [6, 6.07) is 1.80. The summed E-state index contributed by atoms with van der Waals surface area (Å²) >= 11 is 0. The fraction of sp³-hybridized carbons (Fsp3) is 0.667. The second-order valence-corrected chi connectivity index (χ2v) is 5.19. The van der Waals surface area contributed by atoms with E-state index >= 15 is 0 Å². The van der Waals surface area contributed by atoms with Crippen LogP contribution in [-0.2, 0) is 0 Å². The van der Waals surface area contributed by atoms with Gasteiger partial charge in [-0.15, -0.1) is 0 Å². The highest BCUT2D eigenvalue weighted by Gasteiger charge is 2.37. The van der Waals surface area contributed by atoms with Gasteiger partial charge >= 0.3 is 5.69 Å². The highest BCUT2D eigenvalue weighted by Crippen LogP contribution is 2.34. The molecule has 0 amide bonds. The molecule has 1 aromatic heterocycles. The van der Waals surface area contributed by atoms with Crippen molar-refractivity contribution in [3.63, 3.8) is 0 Å². The number of hydrogen-bond acceptors (Lipinski definition) is 4. The fourth-order valence-electron chi connectivity index (χ4n) is 3.39. The summed E-state index contributed by atoms with van der Waals surface area (Å²) in [6.07, 6.45) is 4.48. The molecule has 0 saturated carbocycles. The smallest absolute Gasteiger partial charge is 0.330 e. The number of nitrogens with one attached hydrogen (secondary N) is 1. The third-order valence-electron chi connectivity index (χ3n) is 4.16. The minimum Gasteiger partial charge on any atom is -0.385 e. The van der Waals surface area contributed by atoms with Crippen molar-refractivity contribution < 1.29 is 0 Å². The molecule has 1 aromatic rings. The molecule has 2 aliphatic heterocycles. The van der Waals surface area contributed by atoms with Crippen LogP contribution in [0.4, 0.5) is 5.82 Å². The lowest BCUT2D eigenvalue weighted by Gasteiger charge is -2.33. The van der Waals surface area contributed by atoms with Gasteiger partial charge in [-0.05, 0) is 25.8 Å². The van der Waals surface area contributed by atoms with Crippen molar-refractivity contribution in [3.05, 3.63) is 26.9 Å². The maximum absolute atomic E-state index is 11.9. The van der Waals surface area contributed by atoms with E-state index in [1.165, 1.54) is 18.9 Å². The molecule has 0 bridgehead atoms. The van der Waals surface area contributed by atoms with E-state index in [4.69, 9.17) is 5.73 Å². The molecule has 0 aliphatic carbocycles. The van der Waals surface area contributed by atoms with Gasteiger partial charge in [-0.1, -0.05) is 6.42 Å². The number of nitrogens with two attached hydrogens (primary N) is 1. The zero-order valence-corrected chi connectivity index (χ0v) is 10.3. The lowest BCUT2D eigenvalue weighted by Crippen LogP contribution is -2.42. The number of anilines is 1. The second kappa shape index (κ2) is 4.28. The fourth-order valence-corrected chi connectivity index (χ4v) is 3.39. The van der Waals surface area contributed by atoms with Gasteiger partial charge in [0, 0.05) is 18.7 Å². The van der Waals surface area contributed by atoms with Crippen LogP contribution in [0, 0.1) is 0 Å². The van der Waals surface area contributed by atoms with Crippen LogP contribution in [0.25, 0.3) is 0 Å². The molecular formula is C12H18N4O2. The predicted molar refractivity (Wildman–Crippen MR) is 68.6 cm³/mol. The lowest BCUT2D eigenvalue weighted by atomic mass is 9.99. The van der Waals surface area contributed by atoms with Crippen LogP contribution in [0.3, 0.4) is 0 Å². The largest absolute Gasteiger partial charge is 0.385 e. The van der Waals surface area contributed by atoms with Crippen LogP contribution >= 0.6 is 0 Å². The second-order valence-electron chi connectivity index (χ2n) is 5.19. The SMILES string of the molecule is Nc1cc(=O)[nH]c(=O)n1C1CCN2CCCCC12. The molecule has 0 radical (unpaired) electrons. The average Bonchev–Trinajstić information content (AvgIpc) is 2.72. The monoisotopic (exact) mass is 250 g/mol. The number of nitrogens with zero attached hydrogens (tertiary/aromatic N) is 2. The van der Waals surface area contributed by atoms with Crippen molar-refractivity contribution in [3.8, 4) is 0 Å². The molecule has 18 heavy (non-hydrogen) atoms. The van der Waals surface area contributed by atoms with Crippen LogP contribution in [0.2, 0.25) is 0 Å². The maximum Gasteiger partial charge on any atom is 0.330 e. The van der Waals surface area contributed by atoms with E-state index < -0.39 is 5.56 Å². The Hall–Kier alpha value is -1.56. The van der Waals surface area contributed by atoms with Gasteiger partial charge in [-0.25, -0.2) is 4.79 Å². The van der Waals surface area contributed by atoms with E-state index in [-0.39, 0.29) is 17.5 Å². The number of rotatable bonds is 1. The van der Waals surface area contributed by atoms with Gasteiger partial charge < -0.3 is 5.73 Å². The Labute approximate surface area is 104 Å². The molecule has 2 fully saturated rings. The van der Waals surface area contributed by atoms with Crippen LogP contribution < -0.4 is 17.0 Å². The number of fused-ring (bicyclic) bond motifs is 1. The Bertz CT molecular complexity index is 562. The lowest BCUT2D eigenvalue weighted by molar-refractivity contribution is 0.172. The van der Waals surface area contributed by atoms with E-state index in [0.717, 1.165) is 25.9 Å². The summed E-state index contributed by atoms with van der Waals surface area (Å²) < 4.78 is 1.57. The van der Waals surface area contributed by atoms with Crippen LogP contribution in [-0.4, -0.2) is 33.6 Å². The topological polar surface area (TPSA) is 84.1 Å². The quantitative estimate of drug-likeness (QED) is 0.730. The Morgan fingerprint density at radius 2 is 2.00 bits per heavy atom. The van der Waals surface area contributed by atoms with Gasteiger partial charge in [0.1, 0.15) is 5.82 Å². The van der Waals surface area contributed by atoms with Crippen molar-refractivity contribution in [2.24, 2.45) is 0 Å².